The lowest BCUT2D eigenvalue weighted by atomic mass is 10.2. The molecule has 0 radical (unpaired) electrons. The van der Waals surface area contributed by atoms with Crippen LogP contribution in [0.1, 0.15) is 5.56 Å². The van der Waals surface area contributed by atoms with Gasteiger partial charge in [-0.3, -0.25) is 15.0 Å². The van der Waals surface area contributed by atoms with Gasteiger partial charge in [0, 0.05) is 31.3 Å². The third-order valence-electron chi connectivity index (χ3n) is 3.05. The summed E-state index contributed by atoms with van der Waals surface area (Å²) in [6.45, 7) is 4.46. The molecule has 1 aliphatic rings. The van der Waals surface area contributed by atoms with Gasteiger partial charge in [-0.2, -0.15) is 0 Å². The van der Waals surface area contributed by atoms with Crippen molar-refractivity contribution in [2.24, 2.45) is 0 Å². The summed E-state index contributed by atoms with van der Waals surface area (Å²) in [5.74, 6) is 2.82. The van der Waals surface area contributed by atoms with E-state index in [1.165, 1.54) is 12.1 Å². The fourth-order valence-corrected chi connectivity index (χ4v) is 1.97. The first-order valence-corrected chi connectivity index (χ1v) is 6.38. The maximum atomic E-state index is 10.8. The van der Waals surface area contributed by atoms with Gasteiger partial charge in [-0.15, -0.1) is 6.42 Å². The van der Waals surface area contributed by atoms with Crippen LogP contribution in [0.3, 0.4) is 0 Å². The molecule has 1 saturated heterocycles. The van der Waals surface area contributed by atoms with Gasteiger partial charge in [-0.25, -0.2) is 0 Å². The number of nitrogens with zero attached hydrogens (tertiary/aromatic N) is 2. The first-order valence-electron chi connectivity index (χ1n) is 6.38. The van der Waals surface area contributed by atoms with Crippen LogP contribution in [-0.2, 0) is 4.74 Å². The number of terminal acetylenes is 1. The van der Waals surface area contributed by atoms with Crippen LogP contribution in [0, 0.1) is 22.5 Å². The molecule has 106 valence electrons. The molecule has 0 N–H and O–H groups in total. The highest BCUT2D eigenvalue weighted by molar-refractivity contribution is 5.48. The van der Waals surface area contributed by atoms with E-state index in [1.54, 1.807) is 6.07 Å². The van der Waals surface area contributed by atoms with E-state index in [0.717, 1.165) is 32.8 Å². The van der Waals surface area contributed by atoms with E-state index in [0.29, 0.717) is 17.9 Å². The first-order chi connectivity index (χ1) is 9.69. The summed E-state index contributed by atoms with van der Waals surface area (Å²) < 4.78 is 10.8. The molecule has 1 heterocycles. The lowest BCUT2D eigenvalue weighted by molar-refractivity contribution is -0.385. The van der Waals surface area contributed by atoms with Gasteiger partial charge in [0.25, 0.3) is 5.69 Å². The molecule has 0 bridgehead atoms. The minimum atomic E-state index is -0.477. The predicted octanol–water partition coefficient (Wildman–Crippen LogP) is 1.29. The topological polar surface area (TPSA) is 64.8 Å². The van der Waals surface area contributed by atoms with Crippen molar-refractivity contribution >= 4 is 5.69 Å². The van der Waals surface area contributed by atoms with Crippen LogP contribution in [0.2, 0.25) is 0 Å². The summed E-state index contributed by atoms with van der Waals surface area (Å²) in [7, 11) is 0. The van der Waals surface area contributed by atoms with Gasteiger partial charge >= 0.3 is 0 Å². The van der Waals surface area contributed by atoms with Crippen molar-refractivity contribution in [1.29, 1.82) is 0 Å². The number of morpholine rings is 1. The number of hydrogen-bond acceptors (Lipinski definition) is 5. The van der Waals surface area contributed by atoms with Gasteiger partial charge in [0.05, 0.1) is 24.2 Å². The fraction of sp³-hybridized carbons (Fsp3) is 0.429. The molecule has 1 fully saturated rings. The molecule has 1 aromatic rings. The average Bonchev–Trinajstić information content (AvgIpc) is 2.48. The smallest absolute Gasteiger partial charge is 0.274 e. The van der Waals surface area contributed by atoms with E-state index >= 15 is 0 Å². The molecular formula is C14H16N2O4. The van der Waals surface area contributed by atoms with Crippen LogP contribution >= 0.6 is 0 Å². The van der Waals surface area contributed by atoms with E-state index in [-0.39, 0.29) is 5.69 Å². The quantitative estimate of drug-likeness (QED) is 0.460. The van der Waals surface area contributed by atoms with Crippen molar-refractivity contribution < 1.29 is 14.4 Å². The molecule has 0 atom stereocenters. The molecule has 0 spiro atoms. The molecule has 1 aliphatic heterocycles. The number of nitro groups is 1. The fourth-order valence-electron chi connectivity index (χ4n) is 1.97. The summed E-state index contributed by atoms with van der Waals surface area (Å²) >= 11 is 0. The number of rotatable bonds is 5. The Bertz CT molecular complexity index is 518. The maximum Gasteiger partial charge on any atom is 0.274 e. The summed E-state index contributed by atoms with van der Waals surface area (Å²) in [4.78, 5) is 12.6. The third kappa shape index (κ3) is 3.95. The highest BCUT2D eigenvalue weighted by Gasteiger charge is 2.12. The lowest BCUT2D eigenvalue weighted by Gasteiger charge is -2.26. The molecule has 0 amide bonds. The second-order valence-electron chi connectivity index (χ2n) is 4.42. The Morgan fingerprint density at radius 3 is 2.80 bits per heavy atom. The number of non-ortho nitro benzene ring substituents is 1. The van der Waals surface area contributed by atoms with Gasteiger partial charge in [0.1, 0.15) is 12.4 Å². The minimum Gasteiger partial charge on any atom is -0.492 e. The molecule has 0 aliphatic carbocycles. The Hall–Kier alpha value is -2.10. The van der Waals surface area contributed by atoms with Crippen molar-refractivity contribution in [2.75, 3.05) is 39.5 Å². The highest BCUT2D eigenvalue weighted by atomic mass is 16.6. The standard InChI is InChI=1S/C14H16N2O4/c1-2-12-9-13(16(17)18)11-14(10-12)20-8-5-15-3-6-19-7-4-15/h1,9-11H,3-8H2. The molecule has 20 heavy (non-hydrogen) atoms. The number of hydrogen-bond donors (Lipinski definition) is 0. The van der Waals surface area contributed by atoms with E-state index in [4.69, 9.17) is 15.9 Å². The van der Waals surface area contributed by atoms with Crippen molar-refractivity contribution in [3.05, 3.63) is 33.9 Å². The van der Waals surface area contributed by atoms with E-state index < -0.39 is 4.92 Å². The summed E-state index contributed by atoms with van der Waals surface area (Å²) in [6, 6.07) is 4.38. The van der Waals surface area contributed by atoms with Crippen LogP contribution < -0.4 is 4.74 Å². The highest BCUT2D eigenvalue weighted by Crippen LogP contribution is 2.22. The Labute approximate surface area is 117 Å². The van der Waals surface area contributed by atoms with Crippen LogP contribution in [-0.4, -0.2) is 49.3 Å². The molecule has 0 unspecified atom stereocenters. The number of benzene rings is 1. The largest absolute Gasteiger partial charge is 0.492 e. The molecular weight excluding hydrogens is 260 g/mol. The summed E-state index contributed by atoms with van der Waals surface area (Å²) in [5.41, 5.74) is 0.391. The molecule has 6 heteroatoms. The van der Waals surface area contributed by atoms with Crippen LogP contribution in [0.4, 0.5) is 5.69 Å². The van der Waals surface area contributed by atoms with Gasteiger partial charge < -0.3 is 9.47 Å². The van der Waals surface area contributed by atoms with Crippen molar-refractivity contribution in [2.45, 2.75) is 0 Å². The second kappa shape index (κ2) is 6.89. The van der Waals surface area contributed by atoms with Crippen molar-refractivity contribution in [1.82, 2.24) is 4.90 Å². The SMILES string of the molecule is C#Cc1cc(OCCN2CCOCC2)cc([N+](=O)[O-])c1. The molecule has 1 aromatic carbocycles. The Morgan fingerprint density at radius 2 is 2.15 bits per heavy atom. The van der Waals surface area contributed by atoms with Gasteiger partial charge in [-0.1, -0.05) is 5.92 Å². The average molecular weight is 276 g/mol. The molecule has 0 saturated carbocycles. The van der Waals surface area contributed by atoms with E-state index in [2.05, 4.69) is 10.8 Å². The van der Waals surface area contributed by atoms with Crippen LogP contribution in [0.5, 0.6) is 5.75 Å². The number of nitro benzene ring substituents is 1. The van der Waals surface area contributed by atoms with Crippen LogP contribution in [0.15, 0.2) is 18.2 Å². The van der Waals surface area contributed by atoms with Crippen LogP contribution in [0.25, 0.3) is 0 Å². The lowest BCUT2D eigenvalue weighted by Crippen LogP contribution is -2.38. The molecule has 6 nitrogen and oxygen atoms in total. The monoisotopic (exact) mass is 276 g/mol. The third-order valence-corrected chi connectivity index (χ3v) is 3.05. The Morgan fingerprint density at radius 1 is 1.40 bits per heavy atom. The zero-order valence-electron chi connectivity index (χ0n) is 11.1. The molecule has 0 aromatic heterocycles. The van der Waals surface area contributed by atoms with Crippen molar-refractivity contribution in [3.63, 3.8) is 0 Å². The molecule has 2 rings (SSSR count). The van der Waals surface area contributed by atoms with Gasteiger partial charge in [0.2, 0.25) is 0 Å². The second-order valence-corrected chi connectivity index (χ2v) is 4.42. The normalized spacial score (nSPS) is 15.6. The van der Waals surface area contributed by atoms with Gasteiger partial charge in [-0.05, 0) is 6.07 Å². The van der Waals surface area contributed by atoms with E-state index in [9.17, 15) is 10.1 Å². The Balaban J connectivity index is 1.93. The Kier molecular flexibility index (Phi) is 4.93. The maximum absolute atomic E-state index is 10.8. The zero-order valence-corrected chi connectivity index (χ0v) is 11.1. The van der Waals surface area contributed by atoms with E-state index in [1.807, 2.05) is 0 Å². The van der Waals surface area contributed by atoms with Crippen molar-refractivity contribution in [3.8, 4) is 18.1 Å². The van der Waals surface area contributed by atoms with Gasteiger partial charge in [0.15, 0.2) is 0 Å². The summed E-state index contributed by atoms with van der Waals surface area (Å²) in [5, 5.41) is 10.8. The summed E-state index contributed by atoms with van der Waals surface area (Å²) in [6.07, 6.45) is 5.28. The predicted molar refractivity (Wildman–Crippen MR) is 73.8 cm³/mol. The number of ether oxygens (including phenoxy) is 2. The first kappa shape index (κ1) is 14.3. The minimum absolute atomic E-state index is 0.0539. The zero-order chi connectivity index (χ0) is 14.4.